The van der Waals surface area contributed by atoms with Gasteiger partial charge in [-0.1, -0.05) is 39.7 Å². The van der Waals surface area contributed by atoms with Gasteiger partial charge in [-0.05, 0) is 49.5 Å². The molecule has 31 heavy (non-hydrogen) atoms. The van der Waals surface area contributed by atoms with E-state index in [2.05, 4.69) is 32.1 Å². The predicted molar refractivity (Wildman–Crippen MR) is 124 cm³/mol. The Kier molecular flexibility index (Phi) is 10.5. The summed E-state index contributed by atoms with van der Waals surface area (Å²) in [4.78, 5) is 24.4. The van der Waals surface area contributed by atoms with Crippen LogP contribution in [0.5, 0.6) is 11.5 Å². The van der Waals surface area contributed by atoms with E-state index in [0.717, 1.165) is 4.47 Å². The van der Waals surface area contributed by atoms with Crippen molar-refractivity contribution in [1.29, 1.82) is 0 Å². The van der Waals surface area contributed by atoms with E-state index in [1.807, 2.05) is 6.92 Å². The van der Waals surface area contributed by atoms with Crippen molar-refractivity contribution in [3.63, 3.8) is 0 Å². The first-order valence-corrected chi connectivity index (χ1v) is 10.8. The van der Waals surface area contributed by atoms with E-state index in [1.54, 1.807) is 42.5 Å². The SMILES string of the molecule is CCOCCOc1ccccc1C(=O)NC(=S)NNC(=O)COc1ccc(Br)cc1Cl. The third-order valence-electron chi connectivity index (χ3n) is 3.62. The quantitative estimate of drug-likeness (QED) is 0.260. The van der Waals surface area contributed by atoms with Crippen LogP contribution in [0.25, 0.3) is 0 Å². The van der Waals surface area contributed by atoms with Crippen molar-refractivity contribution in [3.8, 4) is 11.5 Å². The van der Waals surface area contributed by atoms with Crippen molar-refractivity contribution in [2.24, 2.45) is 0 Å². The van der Waals surface area contributed by atoms with Gasteiger partial charge in [0.2, 0.25) is 0 Å². The fourth-order valence-corrected chi connectivity index (χ4v) is 3.11. The fourth-order valence-electron chi connectivity index (χ4n) is 2.23. The Hall–Kier alpha value is -2.40. The zero-order valence-corrected chi connectivity index (χ0v) is 19.7. The number of ether oxygens (including phenoxy) is 3. The molecule has 2 aromatic rings. The number of carbonyl (C=O) groups is 2. The van der Waals surface area contributed by atoms with Crippen molar-refractivity contribution in [2.75, 3.05) is 26.4 Å². The van der Waals surface area contributed by atoms with Crippen LogP contribution < -0.4 is 25.6 Å². The largest absolute Gasteiger partial charge is 0.490 e. The number of hydrazine groups is 1. The van der Waals surface area contributed by atoms with Gasteiger partial charge in [-0.15, -0.1) is 0 Å². The molecule has 0 atom stereocenters. The van der Waals surface area contributed by atoms with Gasteiger partial charge in [0.25, 0.3) is 11.8 Å². The molecular weight excluding hydrogens is 510 g/mol. The van der Waals surface area contributed by atoms with Gasteiger partial charge in [0.15, 0.2) is 11.7 Å². The van der Waals surface area contributed by atoms with Crippen LogP contribution in [-0.4, -0.2) is 43.4 Å². The lowest BCUT2D eigenvalue weighted by Gasteiger charge is -2.14. The monoisotopic (exact) mass is 529 g/mol. The number of para-hydroxylation sites is 1. The highest BCUT2D eigenvalue weighted by Gasteiger charge is 2.14. The number of nitrogens with one attached hydrogen (secondary N) is 3. The summed E-state index contributed by atoms with van der Waals surface area (Å²) < 4.78 is 16.9. The first kappa shape index (κ1) is 24.9. The second kappa shape index (κ2) is 13.1. The minimum absolute atomic E-state index is 0.0934. The summed E-state index contributed by atoms with van der Waals surface area (Å²) in [5.41, 5.74) is 5.07. The Morgan fingerprint density at radius 3 is 2.58 bits per heavy atom. The molecule has 0 heterocycles. The third-order valence-corrected chi connectivity index (χ3v) is 4.61. The Labute approximate surface area is 198 Å². The van der Waals surface area contributed by atoms with Gasteiger partial charge < -0.3 is 14.2 Å². The van der Waals surface area contributed by atoms with Gasteiger partial charge in [0.1, 0.15) is 18.1 Å². The summed E-state index contributed by atoms with van der Waals surface area (Å²) in [6.07, 6.45) is 0. The van der Waals surface area contributed by atoms with E-state index < -0.39 is 11.8 Å². The lowest BCUT2D eigenvalue weighted by molar-refractivity contribution is -0.123. The smallest absolute Gasteiger partial charge is 0.276 e. The average molecular weight is 531 g/mol. The minimum atomic E-state index is -0.518. The molecule has 166 valence electrons. The average Bonchev–Trinajstić information content (AvgIpc) is 2.75. The van der Waals surface area contributed by atoms with E-state index in [1.165, 1.54) is 0 Å². The molecule has 0 aliphatic carbocycles. The van der Waals surface area contributed by atoms with E-state index >= 15 is 0 Å². The minimum Gasteiger partial charge on any atom is -0.490 e. The summed E-state index contributed by atoms with van der Waals surface area (Å²) in [5, 5.41) is 2.74. The Bertz CT molecular complexity index is 931. The van der Waals surface area contributed by atoms with Crippen molar-refractivity contribution in [2.45, 2.75) is 6.92 Å². The van der Waals surface area contributed by atoms with Crippen LogP contribution in [0.3, 0.4) is 0 Å². The van der Waals surface area contributed by atoms with Crippen molar-refractivity contribution in [3.05, 3.63) is 57.5 Å². The fraction of sp³-hybridized carbons (Fsp3) is 0.250. The molecule has 0 bridgehead atoms. The Morgan fingerprint density at radius 1 is 1.06 bits per heavy atom. The van der Waals surface area contributed by atoms with Gasteiger partial charge >= 0.3 is 0 Å². The second-order valence-corrected chi connectivity index (χ2v) is 7.59. The first-order valence-electron chi connectivity index (χ1n) is 9.18. The van der Waals surface area contributed by atoms with Crippen LogP contribution in [0.2, 0.25) is 5.02 Å². The molecule has 0 radical (unpaired) electrons. The molecule has 2 aromatic carbocycles. The Balaban J connectivity index is 1.79. The van der Waals surface area contributed by atoms with Gasteiger partial charge in [-0.3, -0.25) is 25.8 Å². The standard InChI is InChI=1S/C20H21BrClN3O5S/c1-2-28-9-10-29-16-6-4-3-5-14(16)19(27)23-20(31)25-24-18(26)12-30-17-8-7-13(21)11-15(17)22/h3-8,11H,2,9-10,12H2,1H3,(H,24,26)(H2,23,25,27,31). The maximum atomic E-state index is 12.5. The Morgan fingerprint density at radius 2 is 1.84 bits per heavy atom. The first-order chi connectivity index (χ1) is 14.9. The molecule has 0 aliphatic rings. The number of rotatable bonds is 9. The number of carbonyl (C=O) groups excluding carboxylic acids is 2. The summed E-state index contributed by atoms with van der Waals surface area (Å²) >= 11 is 14.4. The second-order valence-electron chi connectivity index (χ2n) is 5.86. The molecule has 0 aromatic heterocycles. The lowest BCUT2D eigenvalue weighted by atomic mass is 10.2. The van der Waals surface area contributed by atoms with Crippen LogP contribution in [0, 0.1) is 0 Å². The molecule has 0 spiro atoms. The van der Waals surface area contributed by atoms with Gasteiger partial charge in [0.05, 0.1) is 17.2 Å². The van der Waals surface area contributed by atoms with Crippen LogP contribution in [0.4, 0.5) is 0 Å². The molecule has 0 aliphatic heterocycles. The topological polar surface area (TPSA) is 97.9 Å². The number of hydrogen-bond donors (Lipinski definition) is 3. The molecule has 0 unspecified atom stereocenters. The highest BCUT2D eigenvalue weighted by Crippen LogP contribution is 2.27. The molecule has 2 amide bonds. The molecule has 8 nitrogen and oxygen atoms in total. The zero-order valence-electron chi connectivity index (χ0n) is 16.6. The number of benzene rings is 2. The number of halogens is 2. The van der Waals surface area contributed by atoms with Gasteiger partial charge in [-0.2, -0.15) is 0 Å². The highest BCUT2D eigenvalue weighted by atomic mass is 79.9. The number of hydrogen-bond acceptors (Lipinski definition) is 6. The third kappa shape index (κ3) is 8.70. The predicted octanol–water partition coefficient (Wildman–Crippen LogP) is 3.23. The molecule has 0 fully saturated rings. The number of thiocarbonyl (C=S) groups is 1. The van der Waals surface area contributed by atoms with Crippen LogP contribution in [-0.2, 0) is 9.53 Å². The van der Waals surface area contributed by atoms with E-state index in [0.29, 0.717) is 41.9 Å². The lowest BCUT2D eigenvalue weighted by Crippen LogP contribution is -2.49. The number of amides is 2. The summed E-state index contributed by atoms with van der Waals surface area (Å²) in [6, 6.07) is 11.7. The van der Waals surface area contributed by atoms with Crippen molar-refractivity contribution >= 4 is 56.7 Å². The highest BCUT2D eigenvalue weighted by molar-refractivity contribution is 9.10. The summed E-state index contributed by atoms with van der Waals surface area (Å²) in [7, 11) is 0. The zero-order chi connectivity index (χ0) is 22.6. The molecule has 0 saturated carbocycles. The van der Waals surface area contributed by atoms with E-state index in [-0.39, 0.29) is 11.7 Å². The van der Waals surface area contributed by atoms with Crippen LogP contribution >= 0.6 is 39.7 Å². The van der Waals surface area contributed by atoms with E-state index in [4.69, 9.17) is 38.0 Å². The molecule has 3 N–H and O–H groups in total. The molecule has 0 saturated heterocycles. The molecular formula is C20H21BrClN3O5S. The van der Waals surface area contributed by atoms with Crippen molar-refractivity contribution < 1.29 is 23.8 Å². The molecule has 11 heteroatoms. The van der Waals surface area contributed by atoms with Gasteiger partial charge in [0, 0.05) is 11.1 Å². The van der Waals surface area contributed by atoms with E-state index in [9.17, 15) is 9.59 Å². The van der Waals surface area contributed by atoms with Crippen LogP contribution in [0.1, 0.15) is 17.3 Å². The van der Waals surface area contributed by atoms with Gasteiger partial charge in [-0.25, -0.2) is 0 Å². The summed E-state index contributed by atoms with van der Waals surface area (Å²) in [6.45, 7) is 2.88. The van der Waals surface area contributed by atoms with Crippen LogP contribution in [0.15, 0.2) is 46.9 Å². The maximum absolute atomic E-state index is 12.5. The summed E-state index contributed by atoms with van der Waals surface area (Å²) in [5.74, 6) is -0.255. The maximum Gasteiger partial charge on any atom is 0.276 e. The normalized spacial score (nSPS) is 10.2. The van der Waals surface area contributed by atoms with Crippen molar-refractivity contribution in [1.82, 2.24) is 16.2 Å². The molecule has 2 rings (SSSR count).